The zero-order valence-electron chi connectivity index (χ0n) is 48.5. The minimum Gasteiger partial charge on any atom is -0.494 e. The normalized spacial score (nSPS) is 11.1. The summed E-state index contributed by atoms with van der Waals surface area (Å²) in [6.07, 6.45) is 6.92. The Morgan fingerprint density at radius 1 is 0.395 bits per heavy atom. The van der Waals surface area contributed by atoms with Crippen LogP contribution in [0.2, 0.25) is 0 Å². The number of benzene rings is 2. The molecule has 0 bridgehead atoms. The van der Waals surface area contributed by atoms with Crippen LogP contribution < -0.4 is 36.5 Å². The number of nitrogens with one attached hydrogen (secondary N) is 4. The second-order valence-electron chi connectivity index (χ2n) is 18.3. The molecule has 0 aliphatic carbocycles. The molecule has 0 fully saturated rings. The molecular weight excluding hydrogens is 1050 g/mol. The molecule has 2 aromatic rings. The van der Waals surface area contributed by atoms with E-state index >= 15 is 0 Å². The van der Waals surface area contributed by atoms with Crippen molar-refractivity contribution >= 4 is 35.6 Å². The number of nitrogens with two attached hydrogens (primary N) is 1. The van der Waals surface area contributed by atoms with Crippen molar-refractivity contribution in [2.24, 2.45) is 0 Å². The maximum atomic E-state index is 12.1. The van der Waals surface area contributed by atoms with Crippen LogP contribution in [0.4, 0.5) is 5.69 Å². The van der Waals surface area contributed by atoms with E-state index in [0.29, 0.717) is 252 Å². The molecule has 0 saturated heterocycles. The third-order valence-electron chi connectivity index (χ3n) is 11.6. The summed E-state index contributed by atoms with van der Waals surface area (Å²) < 4.78 is 72.1. The van der Waals surface area contributed by atoms with Gasteiger partial charge in [0.2, 0.25) is 23.6 Å². The molecule has 4 amide bonds. The minimum absolute atomic E-state index is 0.0103. The molecule has 23 heteroatoms. The summed E-state index contributed by atoms with van der Waals surface area (Å²) in [5.41, 5.74) is 9.20. The lowest BCUT2D eigenvalue weighted by molar-refractivity contribution is -0.123. The third-order valence-corrected chi connectivity index (χ3v) is 11.6. The Kier molecular flexibility index (Phi) is 47.1. The Morgan fingerprint density at radius 2 is 0.704 bits per heavy atom. The highest BCUT2D eigenvalue weighted by molar-refractivity contribution is 5.78. The molecule has 462 valence electrons. The molecule has 0 atom stereocenters. The number of hydrogen-bond donors (Lipinski definition) is 5. The third kappa shape index (κ3) is 44.2. The van der Waals surface area contributed by atoms with E-state index in [0.717, 1.165) is 30.3 Å². The molecule has 0 unspecified atom stereocenters. The number of carbonyl (C=O) groups excluding carboxylic acids is 5. The molecule has 0 spiro atoms. The topological polar surface area (TPSA) is 279 Å². The Morgan fingerprint density at radius 3 is 1.04 bits per heavy atom. The summed E-state index contributed by atoms with van der Waals surface area (Å²) in [5, 5.41) is 11.5. The van der Waals surface area contributed by atoms with Gasteiger partial charge in [0, 0.05) is 95.6 Å². The summed E-state index contributed by atoms with van der Waals surface area (Å²) in [6, 6.07) is 11.0. The predicted octanol–water partition coefficient (Wildman–Crippen LogP) is 3.96. The van der Waals surface area contributed by atoms with Gasteiger partial charge >= 0.3 is 0 Å². The lowest BCUT2D eigenvalue weighted by Gasteiger charge is -2.10. The van der Waals surface area contributed by atoms with Gasteiger partial charge in [0.1, 0.15) is 17.8 Å². The van der Waals surface area contributed by atoms with E-state index in [2.05, 4.69) is 21.3 Å². The van der Waals surface area contributed by atoms with Crippen LogP contribution >= 0.6 is 0 Å². The average molecular weight is 1150 g/mol. The van der Waals surface area contributed by atoms with E-state index in [-0.39, 0.29) is 36.5 Å². The fourth-order valence-corrected chi connectivity index (χ4v) is 7.00. The smallest absolute Gasteiger partial charge is 0.222 e. The SMILES string of the molecule is CCc1cc(OCCCC(=O)NCCCOCCOCCOCCCNC(=O)CCOCCOCCOCCOCCOCCC(=O)NCCCOCCOCCOCCCNC(=O)CCCOc2ccc(C)c(N)c2)ccc1C=O. The highest BCUT2D eigenvalue weighted by Gasteiger charge is 2.08. The number of aryl methyl sites for hydroxylation is 2. The zero-order chi connectivity index (χ0) is 58.3. The maximum Gasteiger partial charge on any atom is 0.222 e. The van der Waals surface area contributed by atoms with Crippen molar-refractivity contribution in [1.29, 1.82) is 0 Å². The summed E-state index contributed by atoms with van der Waals surface area (Å²) in [6.45, 7) is 16.5. The molecule has 23 nitrogen and oxygen atoms in total. The molecule has 6 N–H and O–H groups in total. The Balaban J connectivity index is 1.17. The monoisotopic (exact) mass is 1150 g/mol. The fraction of sp³-hybridized carbons (Fsp3) is 0.707. The van der Waals surface area contributed by atoms with Gasteiger partial charge in [0.15, 0.2) is 0 Å². The van der Waals surface area contributed by atoms with Crippen LogP contribution in [0.15, 0.2) is 36.4 Å². The van der Waals surface area contributed by atoms with E-state index in [9.17, 15) is 24.0 Å². The first-order valence-corrected chi connectivity index (χ1v) is 28.8. The van der Waals surface area contributed by atoms with Gasteiger partial charge in [0.25, 0.3) is 0 Å². The van der Waals surface area contributed by atoms with Crippen molar-refractivity contribution in [3.63, 3.8) is 0 Å². The summed E-state index contributed by atoms with van der Waals surface area (Å²) in [5.74, 6) is 1.21. The van der Waals surface area contributed by atoms with Crippen molar-refractivity contribution in [2.45, 2.75) is 84.5 Å². The van der Waals surface area contributed by atoms with Gasteiger partial charge in [0.05, 0.1) is 132 Å². The molecular formula is C58H97N5O18. The van der Waals surface area contributed by atoms with Gasteiger partial charge in [-0.15, -0.1) is 0 Å². The lowest BCUT2D eigenvalue weighted by Crippen LogP contribution is -2.26. The minimum atomic E-state index is -0.0818. The van der Waals surface area contributed by atoms with Crippen LogP contribution in [0.1, 0.15) is 92.6 Å². The summed E-state index contributed by atoms with van der Waals surface area (Å²) >= 11 is 0. The number of hydrogen-bond acceptors (Lipinski definition) is 19. The molecule has 0 heterocycles. The quantitative estimate of drug-likeness (QED) is 0.0356. The van der Waals surface area contributed by atoms with Crippen molar-refractivity contribution in [1.82, 2.24) is 21.3 Å². The van der Waals surface area contributed by atoms with Gasteiger partial charge in [-0.25, -0.2) is 0 Å². The van der Waals surface area contributed by atoms with E-state index in [1.165, 1.54) is 0 Å². The summed E-state index contributed by atoms with van der Waals surface area (Å²) in [7, 11) is 0. The van der Waals surface area contributed by atoms with Crippen LogP contribution in [-0.2, 0) is 77.7 Å². The van der Waals surface area contributed by atoms with E-state index in [1.807, 2.05) is 32.0 Å². The Labute approximate surface area is 480 Å². The zero-order valence-corrected chi connectivity index (χ0v) is 48.5. The number of aldehydes is 1. The highest BCUT2D eigenvalue weighted by Crippen LogP contribution is 2.20. The number of nitrogen functional groups attached to an aromatic ring is 1. The largest absolute Gasteiger partial charge is 0.494 e. The first-order valence-electron chi connectivity index (χ1n) is 28.8. The number of ether oxygens (including phenoxy) is 13. The average Bonchev–Trinajstić information content (AvgIpc) is 3.46. The Bertz CT molecular complexity index is 1900. The number of anilines is 1. The predicted molar refractivity (Wildman–Crippen MR) is 305 cm³/mol. The van der Waals surface area contributed by atoms with Crippen LogP contribution in [0.5, 0.6) is 11.5 Å². The second-order valence-corrected chi connectivity index (χ2v) is 18.3. The highest BCUT2D eigenvalue weighted by atomic mass is 16.6. The summed E-state index contributed by atoms with van der Waals surface area (Å²) in [4.78, 5) is 59.2. The van der Waals surface area contributed by atoms with Crippen LogP contribution in [0.3, 0.4) is 0 Å². The molecule has 0 saturated carbocycles. The number of rotatable bonds is 58. The number of carbonyl (C=O) groups is 5. The first kappa shape index (κ1) is 72.1. The van der Waals surface area contributed by atoms with Gasteiger partial charge < -0.3 is 88.6 Å². The molecule has 0 aliphatic rings. The molecule has 0 aliphatic heterocycles. The number of amides is 4. The van der Waals surface area contributed by atoms with Crippen molar-refractivity contribution < 1.29 is 85.6 Å². The van der Waals surface area contributed by atoms with Gasteiger partial charge in [-0.3, -0.25) is 24.0 Å². The maximum absolute atomic E-state index is 12.1. The molecule has 2 rings (SSSR count). The molecule has 0 radical (unpaired) electrons. The molecule has 81 heavy (non-hydrogen) atoms. The molecule has 0 aromatic heterocycles. The van der Waals surface area contributed by atoms with Gasteiger partial charge in [-0.2, -0.15) is 0 Å². The van der Waals surface area contributed by atoms with Crippen LogP contribution in [-0.4, -0.2) is 215 Å². The van der Waals surface area contributed by atoms with E-state index < -0.39 is 0 Å². The van der Waals surface area contributed by atoms with Crippen molar-refractivity contribution in [3.05, 3.63) is 53.1 Å². The first-order chi connectivity index (χ1) is 39.7. The van der Waals surface area contributed by atoms with Crippen molar-refractivity contribution in [3.8, 4) is 11.5 Å². The second kappa shape index (κ2) is 53.0. The van der Waals surface area contributed by atoms with Gasteiger partial charge in [-0.1, -0.05) is 13.0 Å². The Hall–Kier alpha value is -5.05. The van der Waals surface area contributed by atoms with Gasteiger partial charge in [-0.05, 0) is 87.3 Å². The van der Waals surface area contributed by atoms with E-state index in [4.69, 9.17) is 67.3 Å². The lowest BCUT2D eigenvalue weighted by atomic mass is 10.1. The molecule has 2 aromatic carbocycles. The fourth-order valence-electron chi connectivity index (χ4n) is 7.00. The van der Waals surface area contributed by atoms with Crippen molar-refractivity contribution in [2.75, 3.05) is 190 Å². The van der Waals surface area contributed by atoms with Crippen LogP contribution in [0.25, 0.3) is 0 Å². The van der Waals surface area contributed by atoms with Crippen LogP contribution in [0, 0.1) is 6.92 Å². The van der Waals surface area contributed by atoms with E-state index in [1.54, 1.807) is 18.2 Å². The standard InChI is InChI=1S/C58H97N5O18/c1-3-50-46-52(15-13-51(50)48-64)80-26-4-10-55(65)60-18-6-22-69-30-36-75-38-32-71-24-8-20-62-57(67)16-28-73-34-40-77-42-44-79-45-43-78-41-35-74-29-17-58(68)63-21-9-25-72-33-39-76-37-31-70-23-7-19-61-56(66)11-5-27-81-53-14-12-49(2)54(59)47-53/h12-15,46-48H,3-11,16-45,59H2,1-2H3,(H,60,65)(H,61,66)(H,62,67)(H,63,68).